The largest absolute Gasteiger partial charge is 0.480 e. The molecule has 0 heterocycles. The number of rotatable bonds is 7. The van der Waals surface area contributed by atoms with Gasteiger partial charge >= 0.3 is 5.97 Å². The van der Waals surface area contributed by atoms with Gasteiger partial charge in [0.1, 0.15) is 6.04 Å². The molecule has 1 aliphatic rings. The summed E-state index contributed by atoms with van der Waals surface area (Å²) >= 11 is 0. The monoisotopic (exact) mass is 256 g/mol. The van der Waals surface area contributed by atoms with E-state index in [9.17, 15) is 9.59 Å². The molecule has 104 valence electrons. The Labute approximate surface area is 108 Å². The third kappa shape index (κ3) is 5.49. The Balaban J connectivity index is 2.03. The molecule has 0 aromatic heterocycles. The van der Waals surface area contributed by atoms with Crippen molar-refractivity contribution in [3.05, 3.63) is 0 Å². The van der Waals surface area contributed by atoms with Gasteiger partial charge in [0, 0.05) is 12.5 Å². The zero-order chi connectivity index (χ0) is 13.4. The van der Waals surface area contributed by atoms with E-state index in [0.29, 0.717) is 13.0 Å². The van der Waals surface area contributed by atoms with Crippen LogP contribution in [0.3, 0.4) is 0 Å². The Hall–Kier alpha value is -1.10. The predicted molar refractivity (Wildman–Crippen MR) is 69.0 cm³/mol. The van der Waals surface area contributed by atoms with Gasteiger partial charge in [-0.1, -0.05) is 19.3 Å². The van der Waals surface area contributed by atoms with Crippen LogP contribution in [-0.2, 0) is 9.59 Å². The molecule has 1 amide bonds. The summed E-state index contributed by atoms with van der Waals surface area (Å²) < 4.78 is 0. The van der Waals surface area contributed by atoms with E-state index in [2.05, 4.69) is 5.32 Å². The second-order valence-corrected chi connectivity index (χ2v) is 5.07. The first-order chi connectivity index (χ1) is 8.61. The van der Waals surface area contributed by atoms with Crippen molar-refractivity contribution in [3.63, 3.8) is 0 Å². The van der Waals surface area contributed by atoms with Crippen LogP contribution in [0.2, 0.25) is 0 Å². The minimum atomic E-state index is -0.957. The maximum absolute atomic E-state index is 11.8. The molecular weight excluding hydrogens is 232 g/mol. The summed E-state index contributed by atoms with van der Waals surface area (Å²) in [4.78, 5) is 22.3. The third-order valence-electron chi connectivity index (χ3n) is 3.53. The van der Waals surface area contributed by atoms with Crippen molar-refractivity contribution in [3.8, 4) is 0 Å². The third-order valence-corrected chi connectivity index (χ3v) is 3.53. The molecule has 0 aromatic rings. The topological polar surface area (TPSA) is 92.4 Å². The van der Waals surface area contributed by atoms with Crippen molar-refractivity contribution in [2.24, 2.45) is 11.7 Å². The molecule has 5 nitrogen and oxygen atoms in total. The van der Waals surface area contributed by atoms with Crippen molar-refractivity contribution in [2.45, 2.75) is 57.4 Å². The maximum atomic E-state index is 11.8. The molecule has 18 heavy (non-hydrogen) atoms. The fourth-order valence-corrected chi connectivity index (χ4v) is 2.33. The van der Waals surface area contributed by atoms with Crippen molar-refractivity contribution >= 4 is 11.9 Å². The fraction of sp³-hybridized carbons (Fsp3) is 0.846. The van der Waals surface area contributed by atoms with Crippen LogP contribution in [0, 0.1) is 5.92 Å². The van der Waals surface area contributed by atoms with E-state index in [1.165, 1.54) is 6.42 Å². The highest BCUT2D eigenvalue weighted by molar-refractivity contribution is 5.78. The van der Waals surface area contributed by atoms with E-state index in [1.54, 1.807) is 0 Å². The van der Waals surface area contributed by atoms with Crippen molar-refractivity contribution < 1.29 is 14.7 Å². The van der Waals surface area contributed by atoms with Crippen LogP contribution < -0.4 is 11.1 Å². The Morgan fingerprint density at radius 2 is 1.89 bits per heavy atom. The number of carbonyl (C=O) groups is 2. The van der Waals surface area contributed by atoms with Crippen LogP contribution in [0.1, 0.15) is 51.4 Å². The molecule has 1 atom stereocenters. The lowest BCUT2D eigenvalue weighted by molar-refractivity contribution is -0.138. The molecule has 1 rings (SSSR count). The van der Waals surface area contributed by atoms with E-state index in [4.69, 9.17) is 10.8 Å². The van der Waals surface area contributed by atoms with Crippen LogP contribution >= 0.6 is 0 Å². The van der Waals surface area contributed by atoms with Crippen molar-refractivity contribution in [1.29, 1.82) is 0 Å². The number of carbonyl (C=O) groups excluding carboxylic acids is 1. The number of nitrogens with one attached hydrogen (secondary N) is 1. The van der Waals surface area contributed by atoms with Gasteiger partial charge in [-0.05, 0) is 32.1 Å². The van der Waals surface area contributed by atoms with E-state index in [1.807, 2.05) is 0 Å². The van der Waals surface area contributed by atoms with Crippen LogP contribution in [0.25, 0.3) is 0 Å². The molecule has 0 aliphatic heterocycles. The summed E-state index contributed by atoms with van der Waals surface area (Å²) in [6.45, 7) is 0.627. The summed E-state index contributed by atoms with van der Waals surface area (Å²) in [6, 6.07) is -0.779. The standard InChI is InChI=1S/C13H24N2O3/c14-11(13(17)18)8-4-5-9-15-12(16)10-6-2-1-3-7-10/h10-11H,1-9,14H2,(H,15,16)(H,17,18)/t11-/m0/s1. The first-order valence-corrected chi connectivity index (χ1v) is 6.87. The summed E-state index contributed by atoms with van der Waals surface area (Å²) in [7, 11) is 0. The number of aliphatic carboxylic acids is 1. The first kappa shape index (κ1) is 15.0. The Bertz CT molecular complexity index is 275. The number of amides is 1. The van der Waals surface area contributed by atoms with Gasteiger partial charge in [0.25, 0.3) is 0 Å². The minimum absolute atomic E-state index is 0.164. The molecule has 0 spiro atoms. The summed E-state index contributed by atoms with van der Waals surface area (Å²) in [5.41, 5.74) is 5.39. The lowest BCUT2D eigenvalue weighted by atomic mass is 9.88. The number of hydrogen-bond acceptors (Lipinski definition) is 3. The van der Waals surface area contributed by atoms with Crippen LogP contribution in [0.15, 0.2) is 0 Å². The van der Waals surface area contributed by atoms with Gasteiger partial charge in [-0.25, -0.2) is 0 Å². The van der Waals surface area contributed by atoms with Crippen LogP contribution in [0.4, 0.5) is 0 Å². The van der Waals surface area contributed by atoms with E-state index in [0.717, 1.165) is 38.5 Å². The van der Waals surface area contributed by atoms with Crippen LogP contribution in [0.5, 0.6) is 0 Å². The molecule has 0 radical (unpaired) electrons. The lowest BCUT2D eigenvalue weighted by Crippen LogP contribution is -2.33. The van der Waals surface area contributed by atoms with Gasteiger partial charge in [-0.2, -0.15) is 0 Å². The molecule has 0 bridgehead atoms. The Morgan fingerprint density at radius 3 is 2.50 bits per heavy atom. The average molecular weight is 256 g/mol. The van der Waals surface area contributed by atoms with Gasteiger partial charge in [0.15, 0.2) is 0 Å². The molecule has 1 aliphatic carbocycles. The molecule has 0 saturated heterocycles. The van der Waals surface area contributed by atoms with Gasteiger partial charge in [-0.3, -0.25) is 9.59 Å². The normalized spacial score (nSPS) is 18.3. The second-order valence-electron chi connectivity index (χ2n) is 5.07. The van der Waals surface area contributed by atoms with E-state index in [-0.39, 0.29) is 11.8 Å². The van der Waals surface area contributed by atoms with Gasteiger partial charge < -0.3 is 16.2 Å². The zero-order valence-electron chi connectivity index (χ0n) is 10.9. The minimum Gasteiger partial charge on any atom is -0.480 e. The summed E-state index contributed by atoms with van der Waals surface area (Å²) in [5.74, 6) is -0.599. The molecule has 0 aromatic carbocycles. The van der Waals surface area contributed by atoms with Crippen molar-refractivity contribution in [1.82, 2.24) is 5.32 Å². The molecular formula is C13H24N2O3. The molecule has 5 heteroatoms. The highest BCUT2D eigenvalue weighted by Gasteiger charge is 2.20. The Kier molecular flexibility index (Phi) is 6.72. The quantitative estimate of drug-likeness (QED) is 0.598. The SMILES string of the molecule is N[C@@H](CCCCNC(=O)C1CCCCC1)C(=O)O. The smallest absolute Gasteiger partial charge is 0.320 e. The van der Waals surface area contributed by atoms with Crippen molar-refractivity contribution in [2.75, 3.05) is 6.54 Å². The van der Waals surface area contributed by atoms with Gasteiger partial charge in [0.05, 0.1) is 0 Å². The summed E-state index contributed by atoms with van der Waals surface area (Å²) in [5, 5.41) is 11.5. The highest BCUT2D eigenvalue weighted by atomic mass is 16.4. The Morgan fingerprint density at radius 1 is 1.22 bits per heavy atom. The molecule has 0 unspecified atom stereocenters. The first-order valence-electron chi connectivity index (χ1n) is 6.87. The molecule has 1 saturated carbocycles. The second kappa shape index (κ2) is 8.08. The average Bonchev–Trinajstić information content (AvgIpc) is 2.38. The highest BCUT2D eigenvalue weighted by Crippen LogP contribution is 2.23. The fourth-order valence-electron chi connectivity index (χ4n) is 2.33. The number of nitrogens with two attached hydrogens (primary N) is 1. The lowest BCUT2D eigenvalue weighted by Gasteiger charge is -2.20. The predicted octanol–water partition coefficient (Wildman–Crippen LogP) is 1.27. The van der Waals surface area contributed by atoms with Gasteiger partial charge in [-0.15, -0.1) is 0 Å². The molecule has 1 fully saturated rings. The number of unbranched alkanes of at least 4 members (excludes halogenated alkanes) is 1. The van der Waals surface area contributed by atoms with Crippen LogP contribution in [-0.4, -0.2) is 29.6 Å². The van der Waals surface area contributed by atoms with E-state index >= 15 is 0 Å². The number of carboxylic acid groups (broad SMARTS) is 1. The van der Waals surface area contributed by atoms with E-state index < -0.39 is 12.0 Å². The molecule has 4 N–H and O–H groups in total. The number of hydrogen-bond donors (Lipinski definition) is 3. The summed E-state index contributed by atoms with van der Waals surface area (Å²) in [6.07, 6.45) is 7.58. The number of carboxylic acids is 1. The maximum Gasteiger partial charge on any atom is 0.320 e. The zero-order valence-corrected chi connectivity index (χ0v) is 10.9. The van der Waals surface area contributed by atoms with Gasteiger partial charge in [0.2, 0.25) is 5.91 Å².